The first-order chi connectivity index (χ1) is 9.88. The highest BCUT2D eigenvalue weighted by molar-refractivity contribution is 7.98. The van der Waals surface area contributed by atoms with Crippen LogP contribution in [0.4, 0.5) is 0 Å². The number of halogens is 1. The van der Waals surface area contributed by atoms with Crippen molar-refractivity contribution in [3.05, 3.63) is 28.8 Å². The summed E-state index contributed by atoms with van der Waals surface area (Å²) in [5.74, 6) is 1.10. The van der Waals surface area contributed by atoms with Crippen LogP contribution in [0, 0.1) is 0 Å². The highest BCUT2D eigenvalue weighted by Gasteiger charge is 2.15. The summed E-state index contributed by atoms with van der Waals surface area (Å²) >= 11 is 12.6. The first-order valence-corrected chi connectivity index (χ1v) is 10.1. The van der Waals surface area contributed by atoms with Crippen molar-refractivity contribution < 1.29 is 8.42 Å². The number of benzene rings is 1. The summed E-state index contributed by atoms with van der Waals surface area (Å²) in [4.78, 5) is 0.266. The van der Waals surface area contributed by atoms with Crippen LogP contribution in [0.1, 0.15) is 24.8 Å². The van der Waals surface area contributed by atoms with Crippen LogP contribution in [-0.4, -0.2) is 32.0 Å². The highest BCUT2D eigenvalue weighted by Crippen LogP contribution is 2.20. The quantitative estimate of drug-likeness (QED) is 0.519. The van der Waals surface area contributed by atoms with Gasteiger partial charge in [-0.1, -0.05) is 30.2 Å². The van der Waals surface area contributed by atoms with Crippen LogP contribution in [0.15, 0.2) is 23.1 Å². The number of rotatable bonds is 9. The maximum atomic E-state index is 12.1. The number of thiocarbonyl (C=S) groups is 1. The summed E-state index contributed by atoms with van der Waals surface area (Å²) in [6.07, 6.45) is 4.98. The highest BCUT2D eigenvalue weighted by atomic mass is 35.5. The van der Waals surface area contributed by atoms with Crippen molar-refractivity contribution in [2.75, 3.05) is 18.6 Å². The molecular formula is C13H19ClN2O2S3. The Hall–Kier alpha value is -0.340. The van der Waals surface area contributed by atoms with Crippen molar-refractivity contribution >= 4 is 50.6 Å². The van der Waals surface area contributed by atoms with Crippen LogP contribution in [-0.2, 0) is 10.0 Å². The molecule has 0 aliphatic heterocycles. The second kappa shape index (κ2) is 8.95. The van der Waals surface area contributed by atoms with Gasteiger partial charge in [0.15, 0.2) is 0 Å². The zero-order chi connectivity index (χ0) is 15.9. The first-order valence-electron chi connectivity index (χ1n) is 6.46. The normalized spacial score (nSPS) is 11.5. The summed E-state index contributed by atoms with van der Waals surface area (Å²) in [7, 11) is -3.54. The number of nitrogens with two attached hydrogens (primary N) is 1. The molecule has 3 N–H and O–H groups in total. The van der Waals surface area contributed by atoms with Crippen molar-refractivity contribution in [2.24, 2.45) is 5.73 Å². The maximum absolute atomic E-state index is 12.1. The molecule has 1 rings (SSSR count). The van der Waals surface area contributed by atoms with E-state index in [1.54, 1.807) is 11.8 Å². The number of thioether (sulfide) groups is 1. The molecule has 0 aliphatic carbocycles. The lowest BCUT2D eigenvalue weighted by atomic mass is 10.2. The van der Waals surface area contributed by atoms with E-state index in [0.717, 1.165) is 25.0 Å². The lowest BCUT2D eigenvalue weighted by Crippen LogP contribution is -2.25. The van der Waals surface area contributed by atoms with Crippen molar-refractivity contribution in [3.63, 3.8) is 0 Å². The second-order valence-electron chi connectivity index (χ2n) is 4.46. The fourth-order valence-electron chi connectivity index (χ4n) is 1.70. The van der Waals surface area contributed by atoms with E-state index in [-0.39, 0.29) is 14.9 Å². The van der Waals surface area contributed by atoms with Crippen molar-refractivity contribution in [2.45, 2.75) is 24.2 Å². The van der Waals surface area contributed by atoms with Gasteiger partial charge in [0.1, 0.15) is 4.99 Å². The molecule has 1 aromatic rings. The molecule has 8 heteroatoms. The summed E-state index contributed by atoms with van der Waals surface area (Å²) < 4.78 is 26.8. The van der Waals surface area contributed by atoms with Crippen LogP contribution in [0.2, 0.25) is 5.02 Å². The molecular weight excluding hydrogens is 348 g/mol. The fraction of sp³-hybridized carbons (Fsp3) is 0.462. The molecule has 0 fully saturated rings. The monoisotopic (exact) mass is 366 g/mol. The van der Waals surface area contributed by atoms with E-state index < -0.39 is 10.0 Å². The molecule has 0 heterocycles. The van der Waals surface area contributed by atoms with E-state index in [2.05, 4.69) is 11.0 Å². The number of nitrogens with one attached hydrogen (secondary N) is 1. The van der Waals surface area contributed by atoms with Gasteiger partial charge in [-0.05, 0) is 43.0 Å². The molecule has 21 heavy (non-hydrogen) atoms. The Labute approximate surface area is 140 Å². The van der Waals surface area contributed by atoms with E-state index in [9.17, 15) is 8.42 Å². The van der Waals surface area contributed by atoms with Gasteiger partial charge in [-0.3, -0.25) is 0 Å². The minimum absolute atomic E-state index is 0.122. The summed E-state index contributed by atoms with van der Waals surface area (Å²) in [5.41, 5.74) is 5.97. The third kappa shape index (κ3) is 6.12. The zero-order valence-corrected chi connectivity index (χ0v) is 15.0. The molecule has 0 radical (unpaired) electrons. The molecule has 0 bridgehead atoms. The molecule has 0 saturated heterocycles. The van der Waals surface area contributed by atoms with Gasteiger partial charge >= 0.3 is 0 Å². The number of unbranched alkanes of at least 4 members (excludes halogenated alkanes) is 2. The van der Waals surface area contributed by atoms with Gasteiger partial charge in [-0.2, -0.15) is 11.8 Å². The van der Waals surface area contributed by atoms with E-state index in [1.165, 1.54) is 18.2 Å². The average molecular weight is 367 g/mol. The molecule has 0 saturated carbocycles. The molecule has 118 valence electrons. The summed E-state index contributed by atoms with van der Waals surface area (Å²) in [5, 5.41) is 0.241. The van der Waals surface area contributed by atoms with E-state index in [1.807, 2.05) is 0 Å². The van der Waals surface area contributed by atoms with Crippen LogP contribution in [0.3, 0.4) is 0 Å². The Balaban J connectivity index is 2.62. The van der Waals surface area contributed by atoms with Gasteiger partial charge in [0.2, 0.25) is 10.0 Å². The van der Waals surface area contributed by atoms with Gasteiger partial charge in [-0.25, -0.2) is 13.1 Å². The van der Waals surface area contributed by atoms with Crippen molar-refractivity contribution in [3.8, 4) is 0 Å². The van der Waals surface area contributed by atoms with Gasteiger partial charge in [0.05, 0.1) is 9.92 Å². The molecule has 0 aliphatic rings. The zero-order valence-electron chi connectivity index (χ0n) is 11.8. The van der Waals surface area contributed by atoms with Gasteiger partial charge in [0, 0.05) is 12.1 Å². The Morgan fingerprint density at radius 3 is 2.67 bits per heavy atom. The Kier molecular flexibility index (Phi) is 7.97. The lowest BCUT2D eigenvalue weighted by molar-refractivity contribution is 0.576. The van der Waals surface area contributed by atoms with Gasteiger partial charge in [-0.15, -0.1) is 0 Å². The number of hydrogen-bond donors (Lipinski definition) is 2. The minimum Gasteiger partial charge on any atom is -0.389 e. The van der Waals surface area contributed by atoms with Gasteiger partial charge in [0.25, 0.3) is 0 Å². The van der Waals surface area contributed by atoms with E-state index in [0.29, 0.717) is 12.1 Å². The predicted molar refractivity (Wildman–Crippen MR) is 94.8 cm³/mol. The Morgan fingerprint density at radius 1 is 1.38 bits per heavy atom. The van der Waals surface area contributed by atoms with Crippen LogP contribution < -0.4 is 10.5 Å². The van der Waals surface area contributed by atoms with E-state index in [4.69, 9.17) is 29.6 Å². The second-order valence-corrected chi connectivity index (χ2v) is 8.06. The molecule has 0 unspecified atom stereocenters. The molecule has 0 amide bonds. The minimum atomic E-state index is -3.54. The standard InChI is InChI=1S/C13H19ClN2O2S3/c1-20-8-4-2-3-7-16-21(17,18)10-5-6-11(13(15)19)12(14)9-10/h5-6,9,16H,2-4,7-8H2,1H3,(H2,15,19). The maximum Gasteiger partial charge on any atom is 0.240 e. The lowest BCUT2D eigenvalue weighted by Gasteiger charge is -2.09. The number of sulfonamides is 1. The van der Waals surface area contributed by atoms with Crippen molar-refractivity contribution in [1.82, 2.24) is 4.72 Å². The van der Waals surface area contributed by atoms with Crippen LogP contribution >= 0.6 is 35.6 Å². The van der Waals surface area contributed by atoms with E-state index >= 15 is 0 Å². The fourth-order valence-corrected chi connectivity index (χ4v) is 3.87. The third-order valence-electron chi connectivity index (χ3n) is 2.83. The summed E-state index contributed by atoms with van der Waals surface area (Å²) in [6.45, 7) is 0.422. The first kappa shape index (κ1) is 18.7. The molecule has 1 aromatic carbocycles. The Bertz CT molecular complexity index is 591. The summed E-state index contributed by atoms with van der Waals surface area (Å²) in [6, 6.07) is 4.35. The third-order valence-corrected chi connectivity index (χ3v) is 5.52. The SMILES string of the molecule is CSCCCCCNS(=O)(=O)c1ccc(C(N)=S)c(Cl)c1. The smallest absolute Gasteiger partial charge is 0.240 e. The Morgan fingerprint density at radius 2 is 2.10 bits per heavy atom. The van der Waals surface area contributed by atoms with Crippen LogP contribution in [0.25, 0.3) is 0 Å². The molecule has 0 spiro atoms. The van der Waals surface area contributed by atoms with Gasteiger partial charge < -0.3 is 5.73 Å². The van der Waals surface area contributed by atoms with Crippen LogP contribution in [0.5, 0.6) is 0 Å². The predicted octanol–water partition coefficient (Wildman–Crippen LogP) is 2.79. The molecule has 4 nitrogen and oxygen atoms in total. The van der Waals surface area contributed by atoms with Crippen molar-refractivity contribution in [1.29, 1.82) is 0 Å². The largest absolute Gasteiger partial charge is 0.389 e. The molecule has 0 aromatic heterocycles. The molecule has 0 atom stereocenters. The average Bonchev–Trinajstić information content (AvgIpc) is 2.42. The topological polar surface area (TPSA) is 72.2 Å². The number of hydrogen-bond acceptors (Lipinski definition) is 4.